The Bertz CT molecular complexity index is 68.2. The van der Waals surface area contributed by atoms with E-state index in [2.05, 4.69) is 0 Å². The number of nitrogens with two attached hydrogens (primary N) is 4. The SMILES string of the molecule is O=P(O)(O)O.[H+].[NH2-].[NH2-].[NH2-].[NH2-].[Pt+4]. The first-order valence-corrected chi connectivity index (χ1v) is 2.35. The van der Waals surface area contributed by atoms with E-state index in [1.807, 2.05) is 0 Å². The van der Waals surface area contributed by atoms with E-state index in [9.17, 15) is 0 Å². The van der Waals surface area contributed by atoms with Crippen LogP contribution in [0.15, 0.2) is 0 Å². The summed E-state index contributed by atoms with van der Waals surface area (Å²) in [5, 5.41) is 0. The van der Waals surface area contributed by atoms with Crippen LogP contribution in [0.3, 0.4) is 0 Å². The third-order valence-corrected chi connectivity index (χ3v) is 0. The zero-order valence-electron chi connectivity index (χ0n) is 5.82. The van der Waals surface area contributed by atoms with Crippen LogP contribution in [0.4, 0.5) is 0 Å². The number of hydrogen-bond acceptors (Lipinski definition) is 1. The minimum Gasteiger partial charge on any atom is -0.693 e. The van der Waals surface area contributed by atoms with E-state index >= 15 is 0 Å². The van der Waals surface area contributed by atoms with E-state index < -0.39 is 7.82 Å². The van der Waals surface area contributed by atoms with Crippen molar-refractivity contribution in [3.05, 3.63) is 24.6 Å². The predicted octanol–water partition coefficient (Wildman–Crippen LogP) is 2.05. The Labute approximate surface area is 74.7 Å². The normalized spacial score (nSPS) is 5.90. The fourth-order valence-electron chi connectivity index (χ4n) is 0. The molecule has 0 amide bonds. The minimum atomic E-state index is -4.64. The molecule has 0 aliphatic rings. The van der Waals surface area contributed by atoms with E-state index in [0.717, 1.165) is 0 Å². The molecule has 0 radical (unpaired) electrons. The fourth-order valence-corrected chi connectivity index (χ4v) is 0. The summed E-state index contributed by atoms with van der Waals surface area (Å²) >= 11 is 0. The molecule has 0 spiro atoms. The van der Waals surface area contributed by atoms with Gasteiger partial charge in [-0.1, -0.05) is 0 Å². The van der Waals surface area contributed by atoms with Gasteiger partial charge < -0.3 is 39.3 Å². The quantitative estimate of drug-likeness (QED) is 0.554. The summed E-state index contributed by atoms with van der Waals surface area (Å²) < 4.78 is 8.88. The molecule has 70 valence electrons. The van der Waals surface area contributed by atoms with Crippen molar-refractivity contribution in [1.29, 1.82) is 0 Å². The predicted molar refractivity (Wildman–Crippen MR) is 36.5 cm³/mol. The Morgan fingerprint density at radius 3 is 0.900 bits per heavy atom. The molecule has 0 aliphatic carbocycles. The van der Waals surface area contributed by atoms with Crippen LogP contribution >= 0.6 is 7.82 Å². The molecule has 0 unspecified atom stereocenters. The van der Waals surface area contributed by atoms with Crippen LogP contribution in [0.25, 0.3) is 24.6 Å². The molecule has 0 fully saturated rings. The van der Waals surface area contributed by atoms with Gasteiger partial charge in [-0.3, -0.25) is 0 Å². The van der Waals surface area contributed by atoms with Crippen LogP contribution in [0, 0.1) is 0 Å². The van der Waals surface area contributed by atoms with E-state index in [1.54, 1.807) is 0 Å². The first-order chi connectivity index (χ1) is 2.00. The van der Waals surface area contributed by atoms with Gasteiger partial charge in [-0.25, -0.2) is 4.57 Å². The number of rotatable bonds is 0. The Kier molecular flexibility index (Phi) is 75.0. The Morgan fingerprint density at radius 1 is 0.900 bits per heavy atom. The molecule has 10 heteroatoms. The van der Waals surface area contributed by atoms with Crippen molar-refractivity contribution < 1.29 is 41.7 Å². The zero-order chi connectivity index (χ0) is 4.50. The van der Waals surface area contributed by atoms with Gasteiger partial charge in [-0.2, -0.15) is 0 Å². The summed E-state index contributed by atoms with van der Waals surface area (Å²) in [6.45, 7) is 0. The summed E-state index contributed by atoms with van der Waals surface area (Å²) in [5.41, 5.74) is 0. The van der Waals surface area contributed by atoms with E-state index in [0.29, 0.717) is 0 Å². The average Bonchev–Trinajstić information content (AvgIpc) is 0.722. The molecule has 0 aromatic rings. The maximum atomic E-state index is 8.88. The van der Waals surface area contributed by atoms with Crippen LogP contribution in [0.5, 0.6) is 0 Å². The van der Waals surface area contributed by atoms with Gasteiger partial charge in [0.25, 0.3) is 0 Å². The van der Waals surface area contributed by atoms with E-state index in [-0.39, 0.29) is 47.1 Å². The van der Waals surface area contributed by atoms with Gasteiger partial charge in [0.1, 0.15) is 0 Å². The van der Waals surface area contributed by atoms with Gasteiger partial charge in [0, 0.05) is 0 Å². The molecule has 11 N–H and O–H groups in total. The molecule has 8 nitrogen and oxygen atoms in total. The van der Waals surface area contributed by atoms with Gasteiger partial charge in [-0.05, 0) is 0 Å². The summed E-state index contributed by atoms with van der Waals surface area (Å²) in [6, 6.07) is 0. The van der Waals surface area contributed by atoms with Gasteiger partial charge in [0.05, 0.1) is 0 Å². The Balaban J connectivity index is -0.00000000533. The van der Waals surface area contributed by atoms with Crippen LogP contribution in [0.2, 0.25) is 0 Å². The second-order valence-corrected chi connectivity index (χ2v) is 1.54. The van der Waals surface area contributed by atoms with Crippen LogP contribution in [0.1, 0.15) is 1.43 Å². The topological polar surface area (TPSA) is 212 Å². The average molecular weight is 358 g/mol. The molecule has 0 bridgehead atoms. The molecule has 0 aromatic heterocycles. The monoisotopic (exact) mass is 358 g/mol. The summed E-state index contributed by atoms with van der Waals surface area (Å²) in [7, 11) is -4.64. The summed E-state index contributed by atoms with van der Waals surface area (Å²) in [4.78, 5) is 21.6. The molecule has 0 rings (SSSR count). The molecular weight excluding hydrogens is 346 g/mol. The zero-order valence-corrected chi connectivity index (χ0v) is 7.99. The Morgan fingerprint density at radius 2 is 0.900 bits per heavy atom. The van der Waals surface area contributed by atoms with E-state index in [4.69, 9.17) is 19.2 Å². The fraction of sp³-hybridized carbons (Fsp3) is 0. The third-order valence-electron chi connectivity index (χ3n) is 0. The molecular formula is H12N4O4PPt+. The first-order valence-electron chi connectivity index (χ1n) is 0.783. The summed E-state index contributed by atoms with van der Waals surface area (Å²) in [5.74, 6) is 0. The maximum absolute atomic E-state index is 8.88. The van der Waals surface area contributed by atoms with Crippen molar-refractivity contribution in [2.45, 2.75) is 0 Å². The molecule has 0 aromatic carbocycles. The van der Waals surface area contributed by atoms with Crippen molar-refractivity contribution in [1.82, 2.24) is 0 Å². The van der Waals surface area contributed by atoms with Crippen molar-refractivity contribution in [2.24, 2.45) is 0 Å². The molecule has 0 aliphatic heterocycles. The molecule has 0 heterocycles. The molecule has 0 atom stereocenters. The smallest absolute Gasteiger partial charge is 0.693 e. The first kappa shape index (κ1) is 45.9. The third kappa shape index (κ3) is 1240. The molecule has 0 saturated heterocycles. The van der Waals surface area contributed by atoms with Crippen LogP contribution in [-0.2, 0) is 25.6 Å². The largest absolute Gasteiger partial charge is 4.00 e. The van der Waals surface area contributed by atoms with Gasteiger partial charge in [-0.15, -0.1) is 0 Å². The van der Waals surface area contributed by atoms with E-state index in [1.165, 1.54) is 0 Å². The second kappa shape index (κ2) is 16.3. The molecule has 10 heavy (non-hydrogen) atoms. The number of phosphoric acid groups is 1. The Hall–Kier alpha value is 0.638. The molecule has 0 saturated carbocycles. The number of hydrogen-bond donors (Lipinski definition) is 3. The van der Waals surface area contributed by atoms with Crippen molar-refractivity contribution in [2.75, 3.05) is 0 Å². The van der Waals surface area contributed by atoms with Crippen LogP contribution in [-0.4, -0.2) is 14.7 Å². The maximum Gasteiger partial charge on any atom is 4.00 e. The van der Waals surface area contributed by atoms with Crippen molar-refractivity contribution in [3.8, 4) is 0 Å². The van der Waals surface area contributed by atoms with Crippen molar-refractivity contribution >= 4 is 7.82 Å². The van der Waals surface area contributed by atoms with Crippen molar-refractivity contribution in [3.63, 3.8) is 0 Å². The van der Waals surface area contributed by atoms with Crippen LogP contribution < -0.4 is 0 Å². The van der Waals surface area contributed by atoms with Gasteiger partial charge in [0.15, 0.2) is 0 Å². The minimum absolute atomic E-state index is 0. The van der Waals surface area contributed by atoms with Gasteiger partial charge in [0.2, 0.25) is 0 Å². The standard InChI is InChI=1S/4H2N.H3O4P.Pt/c;;;;1-5(2,3)4;/h4*1H2;(H3,1,2,3,4);/q4*-1;;+4/p+1. The second-order valence-electron chi connectivity index (χ2n) is 0.513. The van der Waals surface area contributed by atoms with Gasteiger partial charge >= 0.3 is 30.3 Å². The summed E-state index contributed by atoms with van der Waals surface area (Å²) in [6.07, 6.45) is 0.